The Morgan fingerprint density at radius 3 is 2.75 bits per heavy atom. The lowest BCUT2D eigenvalue weighted by molar-refractivity contribution is 0.200. The third kappa shape index (κ3) is 6.80. The Bertz CT molecular complexity index is 540. The Balaban J connectivity index is 2.79. The molecule has 1 aromatic rings. The highest BCUT2D eigenvalue weighted by Gasteiger charge is 2.08. The van der Waals surface area contributed by atoms with Crippen LogP contribution < -0.4 is 15.2 Å². The molecule has 0 fully saturated rings. The fourth-order valence-electron chi connectivity index (χ4n) is 1.34. The number of hydrogen-bond acceptors (Lipinski definition) is 6. The second kappa shape index (κ2) is 8.08. The minimum atomic E-state index is -3.28. The van der Waals surface area contributed by atoms with Crippen molar-refractivity contribution in [1.82, 2.24) is 4.72 Å². The first-order valence-electron chi connectivity index (χ1n) is 5.71. The van der Waals surface area contributed by atoms with Crippen molar-refractivity contribution >= 4 is 32.5 Å². The van der Waals surface area contributed by atoms with Gasteiger partial charge in [-0.05, 0) is 23.8 Å². The van der Waals surface area contributed by atoms with Crippen molar-refractivity contribution in [3.05, 3.63) is 23.8 Å². The monoisotopic (exact) mass is 340 g/mol. The van der Waals surface area contributed by atoms with Gasteiger partial charge in [-0.15, -0.1) is 11.7 Å². The predicted molar refractivity (Wildman–Crippen MR) is 82.4 cm³/mol. The number of alkyl halides is 1. The number of thiol groups is 1. The predicted octanol–water partition coefficient (Wildman–Crippen LogP) is 1.35. The molecule has 1 aromatic carbocycles. The molecule has 20 heavy (non-hydrogen) atoms. The van der Waals surface area contributed by atoms with Crippen molar-refractivity contribution < 1.29 is 17.5 Å². The average Bonchev–Trinajstić information content (AvgIpc) is 2.41. The van der Waals surface area contributed by atoms with Crippen molar-refractivity contribution in [2.75, 3.05) is 19.4 Å². The van der Waals surface area contributed by atoms with Gasteiger partial charge in [-0.2, -0.15) is 0 Å². The first kappa shape index (κ1) is 17.6. The molecule has 1 rings (SSSR count). The third-order valence-electron chi connectivity index (χ3n) is 2.27. The molecule has 0 radical (unpaired) electrons. The van der Waals surface area contributed by atoms with Gasteiger partial charge in [0.25, 0.3) is 0 Å². The fourth-order valence-corrected chi connectivity index (χ4v) is 2.46. The van der Waals surface area contributed by atoms with E-state index in [0.717, 1.165) is 11.2 Å². The molecule has 0 amide bonds. The van der Waals surface area contributed by atoms with Crippen LogP contribution in [0.1, 0.15) is 5.56 Å². The van der Waals surface area contributed by atoms with E-state index in [1.165, 1.54) is 10.8 Å². The van der Waals surface area contributed by atoms with E-state index in [-0.39, 0.29) is 19.7 Å². The van der Waals surface area contributed by atoms with Crippen LogP contribution in [0.5, 0.6) is 5.75 Å². The summed E-state index contributed by atoms with van der Waals surface area (Å²) in [4.78, 5) is 0.777. The summed E-state index contributed by atoms with van der Waals surface area (Å²) in [5, 5.41) is 0. The Morgan fingerprint density at radius 1 is 1.50 bits per heavy atom. The number of rotatable bonds is 8. The van der Waals surface area contributed by atoms with Crippen molar-refractivity contribution in [1.29, 1.82) is 0 Å². The summed E-state index contributed by atoms with van der Waals surface area (Å²) in [5.41, 5.74) is 5.87. The van der Waals surface area contributed by atoms with Gasteiger partial charge in [-0.3, -0.25) is 0 Å². The maximum atomic E-state index is 13.0. The van der Waals surface area contributed by atoms with Crippen molar-refractivity contribution in [3.63, 3.8) is 0 Å². The van der Waals surface area contributed by atoms with Gasteiger partial charge in [0.2, 0.25) is 10.0 Å². The summed E-state index contributed by atoms with van der Waals surface area (Å²) < 4.78 is 42.9. The largest absolute Gasteiger partial charge is 0.490 e. The number of ether oxygens (including phenoxy) is 1. The van der Waals surface area contributed by atoms with Gasteiger partial charge in [0.15, 0.2) is 0 Å². The van der Waals surface area contributed by atoms with E-state index in [9.17, 15) is 12.8 Å². The van der Waals surface area contributed by atoms with E-state index in [4.69, 9.17) is 10.5 Å². The molecule has 1 unspecified atom stereocenters. The lowest BCUT2D eigenvalue weighted by Crippen LogP contribution is -2.23. The van der Waals surface area contributed by atoms with Crippen LogP contribution in [0.4, 0.5) is 4.39 Å². The normalized spacial score (nSPS) is 13.2. The molecular weight excluding hydrogens is 323 g/mol. The van der Waals surface area contributed by atoms with Gasteiger partial charge < -0.3 is 10.5 Å². The molecule has 0 heterocycles. The molecule has 0 aliphatic rings. The molecule has 5 nitrogen and oxygen atoms in total. The van der Waals surface area contributed by atoms with Crippen LogP contribution in [-0.4, -0.2) is 34.0 Å². The molecule has 0 saturated heterocycles. The van der Waals surface area contributed by atoms with Crippen LogP contribution >= 0.6 is 22.5 Å². The van der Waals surface area contributed by atoms with Crippen LogP contribution in [0.25, 0.3) is 0 Å². The van der Waals surface area contributed by atoms with Crippen LogP contribution in [0, 0.1) is 0 Å². The zero-order chi connectivity index (χ0) is 15.2. The Labute approximate surface area is 127 Å². The minimum Gasteiger partial charge on any atom is -0.490 e. The summed E-state index contributed by atoms with van der Waals surface area (Å²) in [6.45, 7) is -0.118. The van der Waals surface area contributed by atoms with Gasteiger partial charge in [0.05, 0.1) is 6.26 Å². The van der Waals surface area contributed by atoms with Crippen molar-refractivity contribution in [2.24, 2.45) is 5.73 Å². The highest BCUT2D eigenvalue weighted by Crippen LogP contribution is 2.27. The van der Waals surface area contributed by atoms with Crippen LogP contribution in [0.2, 0.25) is 0 Å². The maximum Gasteiger partial charge on any atom is 0.209 e. The van der Waals surface area contributed by atoms with Crippen LogP contribution in [-0.2, 0) is 16.6 Å². The highest BCUT2D eigenvalue weighted by molar-refractivity contribution is 8.68. The third-order valence-corrected chi connectivity index (χ3v) is 4.02. The molecule has 0 aliphatic carbocycles. The number of nitrogens with two attached hydrogens (primary N) is 1. The van der Waals surface area contributed by atoms with Crippen LogP contribution in [0.3, 0.4) is 0 Å². The second-order valence-corrected chi connectivity index (χ2v) is 7.18. The van der Waals surface area contributed by atoms with E-state index in [1.807, 2.05) is 0 Å². The lowest BCUT2D eigenvalue weighted by Gasteiger charge is -2.12. The quantitative estimate of drug-likeness (QED) is 0.492. The molecule has 114 valence electrons. The Morgan fingerprint density at radius 2 is 2.20 bits per heavy atom. The maximum absolute atomic E-state index is 13.0. The zero-order valence-corrected chi connectivity index (χ0v) is 13.4. The topological polar surface area (TPSA) is 81.4 Å². The SMILES string of the molecule is CS(=O)(=O)NCc1cc(OCC(F)CN)cc(SS)c1. The summed E-state index contributed by atoms with van der Waals surface area (Å²) in [7, 11) is -2.09. The molecule has 3 N–H and O–H groups in total. The molecule has 0 spiro atoms. The lowest BCUT2D eigenvalue weighted by atomic mass is 10.2. The van der Waals surface area contributed by atoms with E-state index in [1.54, 1.807) is 18.2 Å². The summed E-state index contributed by atoms with van der Waals surface area (Å²) in [5.74, 6) is 0.449. The van der Waals surface area contributed by atoms with Gasteiger partial charge in [0, 0.05) is 18.0 Å². The molecular formula is C11H17FN2O3S3. The second-order valence-electron chi connectivity index (χ2n) is 4.14. The minimum absolute atomic E-state index is 0.108. The van der Waals surface area contributed by atoms with Gasteiger partial charge in [-0.25, -0.2) is 17.5 Å². The molecule has 0 aliphatic heterocycles. The van der Waals surface area contributed by atoms with Crippen molar-refractivity contribution in [2.45, 2.75) is 17.6 Å². The molecule has 0 aromatic heterocycles. The zero-order valence-electron chi connectivity index (χ0n) is 10.9. The van der Waals surface area contributed by atoms with E-state index < -0.39 is 16.2 Å². The molecule has 0 saturated carbocycles. The number of hydrogen-bond donors (Lipinski definition) is 3. The van der Waals surface area contributed by atoms with E-state index in [0.29, 0.717) is 11.3 Å². The first-order chi connectivity index (χ1) is 9.34. The molecule has 1 atom stereocenters. The Kier molecular flexibility index (Phi) is 7.10. The summed E-state index contributed by atoms with van der Waals surface area (Å²) in [6, 6.07) is 5.12. The van der Waals surface area contributed by atoms with Crippen molar-refractivity contribution in [3.8, 4) is 5.75 Å². The van der Waals surface area contributed by atoms with E-state index in [2.05, 4.69) is 16.4 Å². The van der Waals surface area contributed by atoms with Gasteiger partial charge in [0.1, 0.15) is 18.5 Å². The highest BCUT2D eigenvalue weighted by atomic mass is 33.1. The fraction of sp³-hybridized carbons (Fsp3) is 0.455. The van der Waals surface area contributed by atoms with Crippen LogP contribution in [0.15, 0.2) is 23.1 Å². The summed E-state index contributed by atoms with van der Waals surface area (Å²) >= 11 is 4.09. The molecule has 9 heteroatoms. The average molecular weight is 340 g/mol. The number of benzene rings is 1. The number of halogens is 1. The smallest absolute Gasteiger partial charge is 0.209 e. The van der Waals surface area contributed by atoms with Gasteiger partial charge in [-0.1, -0.05) is 10.8 Å². The van der Waals surface area contributed by atoms with E-state index >= 15 is 0 Å². The van der Waals surface area contributed by atoms with Gasteiger partial charge >= 0.3 is 0 Å². The standard InChI is InChI=1S/C11H17FN2O3S3/c1-20(15,16)14-6-8-2-10(4-11(3-8)19-18)17-7-9(12)5-13/h2-4,9,14,18H,5-7,13H2,1H3. The molecule has 0 bridgehead atoms. The Hall–Kier alpha value is -0.480. The number of sulfonamides is 1. The first-order valence-corrected chi connectivity index (χ1v) is 9.47. The summed E-state index contributed by atoms with van der Waals surface area (Å²) in [6.07, 6.45) is -0.156. The number of nitrogens with one attached hydrogen (secondary N) is 1.